The number of amides is 1. The van der Waals surface area contributed by atoms with Gasteiger partial charge in [0, 0.05) is 0 Å². The van der Waals surface area contributed by atoms with Crippen molar-refractivity contribution in [1.29, 1.82) is 0 Å². The molecule has 0 spiro atoms. The fourth-order valence-corrected chi connectivity index (χ4v) is 1.46. The lowest BCUT2D eigenvalue weighted by molar-refractivity contribution is -0.119. The van der Waals surface area contributed by atoms with Gasteiger partial charge in [-0.3, -0.25) is 4.79 Å². The minimum Gasteiger partial charge on any atom is -0.349 e. The second kappa shape index (κ2) is 5.53. The summed E-state index contributed by atoms with van der Waals surface area (Å²) in [5.74, 6) is -1.85. The lowest BCUT2D eigenvalue weighted by Crippen LogP contribution is -2.29. The summed E-state index contributed by atoms with van der Waals surface area (Å²) in [5.41, 5.74) is 5.17. The second-order valence-corrected chi connectivity index (χ2v) is 3.71. The molecule has 0 saturated carbocycles. The highest BCUT2D eigenvalue weighted by Crippen LogP contribution is 2.16. The minimum absolute atomic E-state index is 0.0894. The molecule has 2 rings (SSSR count). The van der Waals surface area contributed by atoms with Crippen molar-refractivity contribution in [2.75, 3.05) is 6.54 Å². The van der Waals surface area contributed by atoms with Crippen LogP contribution in [0.1, 0.15) is 5.69 Å². The lowest BCUT2D eigenvalue weighted by atomic mass is 10.3. The Labute approximate surface area is 107 Å². The molecule has 0 saturated heterocycles. The molecule has 0 aliphatic heterocycles. The van der Waals surface area contributed by atoms with Gasteiger partial charge in [-0.25, -0.2) is 13.5 Å². The molecular formula is C11H11F2N5O. The molecular weight excluding hydrogens is 256 g/mol. The maximum Gasteiger partial charge on any atom is 0.234 e. The maximum atomic E-state index is 13.5. The topological polar surface area (TPSA) is 85.8 Å². The van der Waals surface area contributed by atoms with Crippen molar-refractivity contribution in [3.05, 3.63) is 41.7 Å². The average molecular weight is 267 g/mol. The largest absolute Gasteiger partial charge is 0.349 e. The average Bonchev–Trinajstić information content (AvgIpc) is 2.84. The predicted octanol–water partition coefficient (Wildman–Crippen LogP) is 0.120. The number of rotatable bonds is 4. The van der Waals surface area contributed by atoms with Gasteiger partial charge in [-0.1, -0.05) is 11.3 Å². The minimum atomic E-state index is -0.748. The van der Waals surface area contributed by atoms with Crippen LogP contribution in [-0.4, -0.2) is 27.4 Å². The number of benzene rings is 1. The molecule has 0 radical (unpaired) electrons. The molecule has 0 bridgehead atoms. The van der Waals surface area contributed by atoms with Crippen LogP contribution in [0.3, 0.4) is 0 Å². The number of carbonyl (C=O) groups excluding carboxylic acids is 1. The van der Waals surface area contributed by atoms with Gasteiger partial charge >= 0.3 is 0 Å². The third kappa shape index (κ3) is 2.91. The summed E-state index contributed by atoms with van der Waals surface area (Å²) in [6.45, 7) is -0.0534. The first kappa shape index (κ1) is 13.1. The van der Waals surface area contributed by atoms with Crippen molar-refractivity contribution in [2.45, 2.75) is 6.54 Å². The number of nitrogens with two attached hydrogens (primary N) is 1. The molecule has 0 fully saturated rings. The van der Waals surface area contributed by atoms with Crippen molar-refractivity contribution in [3.8, 4) is 5.69 Å². The highest BCUT2D eigenvalue weighted by molar-refractivity contribution is 5.77. The quantitative estimate of drug-likeness (QED) is 0.824. The number of aromatic nitrogens is 3. The van der Waals surface area contributed by atoms with Gasteiger partial charge in [0.15, 0.2) is 11.6 Å². The lowest BCUT2D eigenvalue weighted by Gasteiger charge is -2.02. The van der Waals surface area contributed by atoms with E-state index in [0.29, 0.717) is 5.69 Å². The zero-order valence-corrected chi connectivity index (χ0v) is 9.81. The molecule has 1 aromatic carbocycles. The molecule has 1 amide bonds. The van der Waals surface area contributed by atoms with Crippen LogP contribution >= 0.6 is 0 Å². The van der Waals surface area contributed by atoms with E-state index in [1.165, 1.54) is 12.3 Å². The number of hydrogen-bond acceptors (Lipinski definition) is 4. The standard InChI is InChI=1S/C11H11F2N5O/c12-8-2-1-3-9(13)11(8)18-6-7(16-17-18)5-15-10(19)4-14/h1-3,6H,4-5,14H2,(H,15,19). The Kier molecular flexibility index (Phi) is 3.81. The summed E-state index contributed by atoms with van der Waals surface area (Å²) in [6.07, 6.45) is 1.33. The molecule has 2 aromatic rings. The van der Waals surface area contributed by atoms with Crippen molar-refractivity contribution >= 4 is 5.91 Å². The molecule has 3 N–H and O–H groups in total. The van der Waals surface area contributed by atoms with Gasteiger partial charge in [-0.2, -0.15) is 0 Å². The first-order valence-corrected chi connectivity index (χ1v) is 5.44. The van der Waals surface area contributed by atoms with E-state index >= 15 is 0 Å². The van der Waals surface area contributed by atoms with Crippen molar-refractivity contribution in [2.24, 2.45) is 5.73 Å². The van der Waals surface area contributed by atoms with Gasteiger partial charge in [0.2, 0.25) is 5.91 Å². The van der Waals surface area contributed by atoms with Gasteiger partial charge in [-0.05, 0) is 12.1 Å². The molecule has 100 valence electrons. The van der Waals surface area contributed by atoms with Gasteiger partial charge in [-0.15, -0.1) is 5.10 Å². The van der Waals surface area contributed by atoms with Crippen LogP contribution in [0.4, 0.5) is 8.78 Å². The Morgan fingerprint density at radius 2 is 2.05 bits per heavy atom. The fourth-order valence-electron chi connectivity index (χ4n) is 1.46. The SMILES string of the molecule is NCC(=O)NCc1cn(-c2c(F)cccc2F)nn1. The van der Waals surface area contributed by atoms with Crippen LogP contribution in [0.2, 0.25) is 0 Å². The van der Waals surface area contributed by atoms with E-state index in [1.807, 2.05) is 0 Å². The smallest absolute Gasteiger partial charge is 0.234 e. The third-order valence-electron chi connectivity index (χ3n) is 2.36. The normalized spacial score (nSPS) is 10.5. The van der Waals surface area contributed by atoms with Crippen LogP contribution < -0.4 is 11.1 Å². The fraction of sp³-hybridized carbons (Fsp3) is 0.182. The molecule has 0 aliphatic rings. The summed E-state index contributed by atoms with van der Waals surface area (Å²) in [6, 6.07) is 3.50. The zero-order chi connectivity index (χ0) is 13.8. The van der Waals surface area contributed by atoms with Crippen LogP contribution in [0, 0.1) is 11.6 Å². The van der Waals surface area contributed by atoms with Crippen molar-refractivity contribution in [1.82, 2.24) is 20.3 Å². The number of para-hydroxylation sites is 1. The number of carbonyl (C=O) groups is 1. The second-order valence-electron chi connectivity index (χ2n) is 3.71. The molecule has 1 heterocycles. The van der Waals surface area contributed by atoms with Crippen LogP contribution in [0.15, 0.2) is 24.4 Å². The van der Waals surface area contributed by atoms with Crippen molar-refractivity contribution in [3.63, 3.8) is 0 Å². The first-order chi connectivity index (χ1) is 9.11. The molecule has 6 nitrogen and oxygen atoms in total. The van der Waals surface area contributed by atoms with Crippen LogP contribution in [0.25, 0.3) is 5.69 Å². The van der Waals surface area contributed by atoms with Crippen molar-refractivity contribution < 1.29 is 13.6 Å². The first-order valence-electron chi connectivity index (χ1n) is 5.44. The number of nitrogens with zero attached hydrogens (tertiary/aromatic N) is 3. The highest BCUT2D eigenvalue weighted by atomic mass is 19.1. The summed E-state index contributed by atoms with van der Waals surface area (Å²) in [7, 11) is 0. The van der Waals surface area contributed by atoms with Crippen LogP contribution in [-0.2, 0) is 11.3 Å². The Bertz CT molecular complexity index is 578. The summed E-state index contributed by atoms with van der Waals surface area (Å²) >= 11 is 0. The summed E-state index contributed by atoms with van der Waals surface area (Å²) < 4.78 is 28.0. The molecule has 0 aliphatic carbocycles. The molecule has 0 atom stereocenters. The molecule has 8 heteroatoms. The van der Waals surface area contributed by atoms with E-state index in [9.17, 15) is 13.6 Å². The third-order valence-corrected chi connectivity index (χ3v) is 2.36. The monoisotopic (exact) mass is 267 g/mol. The zero-order valence-electron chi connectivity index (χ0n) is 9.81. The Hall–Kier alpha value is -2.35. The van der Waals surface area contributed by atoms with E-state index < -0.39 is 11.6 Å². The molecule has 1 aromatic heterocycles. The van der Waals surface area contributed by atoms with E-state index in [1.54, 1.807) is 0 Å². The van der Waals surface area contributed by atoms with Gasteiger partial charge < -0.3 is 11.1 Å². The highest BCUT2D eigenvalue weighted by Gasteiger charge is 2.12. The maximum absolute atomic E-state index is 13.5. The van der Waals surface area contributed by atoms with Gasteiger partial charge in [0.1, 0.15) is 11.4 Å². The summed E-state index contributed by atoms with van der Waals surface area (Å²) in [5, 5.41) is 9.80. The summed E-state index contributed by atoms with van der Waals surface area (Å²) in [4.78, 5) is 11.0. The number of hydrogen-bond donors (Lipinski definition) is 2. The Morgan fingerprint density at radius 3 is 2.68 bits per heavy atom. The predicted molar refractivity (Wildman–Crippen MR) is 62.2 cm³/mol. The van der Waals surface area contributed by atoms with Gasteiger partial charge in [0.05, 0.1) is 19.3 Å². The Morgan fingerprint density at radius 1 is 1.37 bits per heavy atom. The van der Waals surface area contributed by atoms with E-state index in [4.69, 9.17) is 5.73 Å². The van der Waals surface area contributed by atoms with E-state index in [-0.39, 0.29) is 24.7 Å². The van der Waals surface area contributed by atoms with Gasteiger partial charge in [0.25, 0.3) is 0 Å². The molecule has 19 heavy (non-hydrogen) atoms. The van der Waals surface area contributed by atoms with E-state index in [2.05, 4.69) is 15.6 Å². The number of halogens is 2. The Balaban J connectivity index is 2.19. The number of nitrogens with one attached hydrogen (secondary N) is 1. The van der Waals surface area contributed by atoms with Crippen LogP contribution in [0.5, 0.6) is 0 Å². The van der Waals surface area contributed by atoms with E-state index in [0.717, 1.165) is 16.8 Å². The molecule has 0 unspecified atom stereocenters.